The number of aromatic hydroxyl groups is 1. The number of aryl methyl sites for hydroxylation is 2. The minimum Gasteiger partial charge on any atom is -0.493 e. The smallest absolute Gasteiger partial charge is 0.425 e. The number of benzene rings is 6. The summed E-state index contributed by atoms with van der Waals surface area (Å²) in [6.45, 7) is 4.27. The standard InChI is InChI=1S/C60H59N17O22S9.CH4.2O3S/c1-34-25-47(72-75-55-36(3)40(33-61)56-63-41-13-4-5-14-50(41)76(56)57(55)78)51(99-17-7-21-103(81,82)83)30-43(34)69-74-49-29-45(64-59-65-58(62-37-11-6-12-39(27-37)107(93,94)95)66-60(67-59)102-20-10-24-106(90,91)92)46(32-53(49)101-19-9-23-105(87,88)89)71-73-48-26-35(2)44(31-52(48)100-18-8-22-104(84,85)86)70-68-42-16-15-38(77(79)80)28-54(42)108(96,97)98;;2*1-4(2)3/h4-6,11-16,25-32,78H,7-10,17-24H2,1-3H3,(H,81,82,83)(H,84,85,86)(H,87,88,89)(H,90,91,92)(H,93,94,95)(H,96,97,98)(H2,62,64,65,66,67);1H4;;. The van der Waals surface area contributed by atoms with Crippen LogP contribution in [0.5, 0.6) is 11.6 Å². The highest BCUT2D eigenvalue weighted by atomic mass is 32.2. The van der Waals surface area contributed by atoms with Gasteiger partial charge in [-0.25, -0.2) is 4.98 Å². The number of hydrogen-bond acceptors (Lipinski definition) is 40. The third-order valence-electron chi connectivity index (χ3n) is 14.6. The van der Waals surface area contributed by atoms with Crippen LogP contribution in [0.1, 0.15) is 55.4 Å². The summed E-state index contributed by atoms with van der Waals surface area (Å²) in [5.41, 5.74) is 0.319. The van der Waals surface area contributed by atoms with Crippen LogP contribution in [0.15, 0.2) is 169 Å². The first-order valence-corrected chi connectivity index (χ1v) is 46.1. The Balaban J connectivity index is 0.00000226. The van der Waals surface area contributed by atoms with Crippen molar-refractivity contribution in [3.05, 3.63) is 135 Å². The molecule has 9 aromatic rings. The highest BCUT2D eigenvalue weighted by Gasteiger charge is 2.25. The van der Waals surface area contributed by atoms with Crippen molar-refractivity contribution >= 4 is 208 Å². The number of aromatic nitrogens is 5. The molecule has 0 aliphatic carbocycles. The fourth-order valence-corrected chi connectivity index (χ4v) is 16.0. The highest BCUT2D eigenvalue weighted by molar-refractivity contribution is 8.00. The van der Waals surface area contributed by atoms with E-state index in [0.717, 1.165) is 59.6 Å². The number of azo groups is 4. The Kier molecular flexibility index (Phi) is 33.9. The molecule has 0 fully saturated rings. The quantitative estimate of drug-likeness (QED) is 0.00445. The first kappa shape index (κ1) is 95.4. The van der Waals surface area contributed by atoms with Crippen LogP contribution in [0.3, 0.4) is 0 Å². The van der Waals surface area contributed by atoms with Gasteiger partial charge < -0.3 is 20.5 Å². The summed E-state index contributed by atoms with van der Waals surface area (Å²) in [6, 6.07) is 24.5. The maximum Gasteiger partial charge on any atom is 0.425 e. The van der Waals surface area contributed by atoms with Crippen LogP contribution < -0.4 is 15.4 Å². The number of rotatable bonds is 35. The minimum absolute atomic E-state index is 0. The van der Waals surface area contributed by atoms with Crippen LogP contribution in [0.25, 0.3) is 16.7 Å². The number of imidazole rings is 1. The summed E-state index contributed by atoms with van der Waals surface area (Å²) in [5, 5.41) is 74.6. The zero-order valence-corrected chi connectivity index (χ0v) is 68.2. The normalized spacial score (nSPS) is 12.1. The third-order valence-corrected chi connectivity index (χ3v) is 22.8. The van der Waals surface area contributed by atoms with Crippen molar-refractivity contribution in [3.8, 4) is 17.7 Å². The number of nitriles is 1. The fraction of sp³-hybridized carbons (Fsp3) is 0.262. The van der Waals surface area contributed by atoms with E-state index in [1.165, 1.54) is 66.8 Å². The maximum atomic E-state index is 12.4. The van der Waals surface area contributed by atoms with Gasteiger partial charge in [0.15, 0.2) is 16.5 Å². The van der Waals surface area contributed by atoms with Crippen LogP contribution in [0.2, 0.25) is 0 Å². The number of anilines is 4. The molecular weight excluding hydrogens is 1770 g/mol. The number of nitro benzene ring substituents is 1. The Hall–Kier alpha value is -10.5. The van der Waals surface area contributed by atoms with E-state index in [1.54, 1.807) is 31.2 Å². The van der Waals surface area contributed by atoms with E-state index in [9.17, 15) is 98.3 Å². The van der Waals surface area contributed by atoms with Crippen LogP contribution >= 0.6 is 35.3 Å². The number of thioether (sulfide) groups is 3. The van der Waals surface area contributed by atoms with Crippen LogP contribution in [-0.4, -0.2) is 184 Å². The fourth-order valence-electron chi connectivity index (χ4n) is 9.61. The number of pyridine rings is 1. The van der Waals surface area contributed by atoms with E-state index < -0.39 is 137 Å². The summed E-state index contributed by atoms with van der Waals surface area (Å²) in [5.74, 6) is -4.03. The molecule has 9 N–H and O–H groups in total. The second-order valence-electron chi connectivity index (χ2n) is 23.2. The molecule has 56 heteroatoms. The zero-order chi connectivity index (χ0) is 85.8. The van der Waals surface area contributed by atoms with E-state index in [2.05, 4.69) is 77.6 Å². The maximum absolute atomic E-state index is 12.4. The van der Waals surface area contributed by atoms with Gasteiger partial charge in [0.1, 0.15) is 45.0 Å². The summed E-state index contributed by atoms with van der Waals surface area (Å²) >= 11 is 2.83. The van der Waals surface area contributed by atoms with Gasteiger partial charge in [0.2, 0.25) is 17.8 Å². The van der Waals surface area contributed by atoms with Crippen molar-refractivity contribution < 1.29 is 118 Å². The Bertz CT molecular complexity index is 6420. The average Bonchev–Trinajstić information content (AvgIpc) is 1.60. The molecule has 0 radical (unpaired) electrons. The first-order valence-electron chi connectivity index (χ1n) is 31.8. The number of para-hydroxylation sites is 2. The van der Waals surface area contributed by atoms with E-state index in [1.807, 2.05) is 0 Å². The van der Waals surface area contributed by atoms with Crippen LogP contribution in [0.4, 0.5) is 74.5 Å². The van der Waals surface area contributed by atoms with E-state index in [4.69, 9.17) is 30.0 Å². The molecule has 117 heavy (non-hydrogen) atoms. The zero-order valence-electron chi connectivity index (χ0n) is 59.2. The molecule has 0 atom stereocenters. The Morgan fingerprint density at radius 2 is 1.03 bits per heavy atom. The molecule has 0 unspecified atom stereocenters. The molecule has 3 heterocycles. The molecule has 3 aromatic heterocycles. The van der Waals surface area contributed by atoms with Crippen molar-refractivity contribution in [1.82, 2.24) is 24.3 Å². The lowest BCUT2D eigenvalue weighted by Gasteiger charge is -2.14. The molecule has 626 valence electrons. The van der Waals surface area contributed by atoms with Gasteiger partial charge in [-0.1, -0.05) is 37.4 Å². The van der Waals surface area contributed by atoms with Gasteiger partial charge in [0, 0.05) is 45.0 Å². The van der Waals surface area contributed by atoms with Gasteiger partial charge in [-0.05, 0) is 136 Å². The van der Waals surface area contributed by atoms with Gasteiger partial charge in [-0.3, -0.25) is 41.8 Å². The molecule has 0 saturated heterocycles. The lowest BCUT2D eigenvalue weighted by Crippen LogP contribution is -2.08. The SMILES string of the molecule is C.Cc1cc(N=Nc2c(C)c(C#N)c3nc4ccccc4n3c2O)c(OCCCS(=O)(=O)O)cc1N=Nc1cc(Nc2nc(Nc3cccc(S(=O)(=O)O)c3)nc(SCCCS(=O)(=O)O)n2)c(N=Nc2cc(C)c(N=Nc3ccc([N+](=O)[O-])cc3S(=O)(=O)O)cc2SCCCS(=O)(=O)O)cc1SCCCS(=O)(=O)O.O=S(=O)=O.O=S(=O)=O. The largest absolute Gasteiger partial charge is 0.493 e. The summed E-state index contributed by atoms with van der Waals surface area (Å²) in [4.78, 5) is 27.4. The number of nitro groups is 1. The second kappa shape index (κ2) is 41.6. The number of non-ortho nitro benzene ring substituents is 1. The molecule has 0 bridgehead atoms. The molecule has 0 spiro atoms. The van der Waals surface area contributed by atoms with E-state index in [0.29, 0.717) is 22.7 Å². The van der Waals surface area contributed by atoms with Crippen molar-refractivity contribution in [3.63, 3.8) is 0 Å². The van der Waals surface area contributed by atoms with Crippen molar-refractivity contribution in [2.45, 2.75) is 78.6 Å². The first-order chi connectivity index (χ1) is 54.1. The second-order valence-corrected chi connectivity index (χ2v) is 36.4. The number of hydrogen-bond donors (Lipinski definition) is 9. The summed E-state index contributed by atoms with van der Waals surface area (Å²) in [6.07, 6.45) is -0.665. The van der Waals surface area contributed by atoms with E-state index >= 15 is 0 Å². The van der Waals surface area contributed by atoms with E-state index in [-0.39, 0.29) is 163 Å². The Labute approximate surface area is 681 Å². The highest BCUT2D eigenvalue weighted by Crippen LogP contribution is 2.46. The number of nitrogens with one attached hydrogen (secondary N) is 2. The summed E-state index contributed by atoms with van der Waals surface area (Å²) in [7, 11) is -34.0. The van der Waals surface area contributed by atoms with Gasteiger partial charge in [-0.2, -0.15) is 80.9 Å². The Morgan fingerprint density at radius 3 is 1.57 bits per heavy atom. The third kappa shape index (κ3) is 30.2. The van der Waals surface area contributed by atoms with Crippen LogP contribution in [-0.2, 0) is 81.9 Å². The predicted molar refractivity (Wildman–Crippen MR) is 423 cm³/mol. The van der Waals surface area contributed by atoms with Crippen molar-refractivity contribution in [2.75, 3.05) is 57.5 Å². The molecular formula is C61H63N17O28S11. The number of fused-ring (bicyclic) bond motifs is 3. The number of nitrogens with zero attached hydrogens (tertiary/aromatic N) is 15. The van der Waals surface area contributed by atoms with Crippen LogP contribution in [0, 0.1) is 42.2 Å². The molecule has 0 saturated carbocycles. The monoisotopic (exact) mass is 1830 g/mol. The van der Waals surface area contributed by atoms with Gasteiger partial charge in [0.05, 0.1) is 73.2 Å². The molecule has 45 nitrogen and oxygen atoms in total. The Morgan fingerprint density at radius 1 is 0.538 bits per heavy atom. The molecule has 6 aromatic carbocycles. The molecule has 0 amide bonds. The lowest BCUT2D eigenvalue weighted by atomic mass is 10.1. The molecule has 0 aliphatic heterocycles. The van der Waals surface area contributed by atoms with Gasteiger partial charge >= 0.3 is 21.2 Å². The van der Waals surface area contributed by atoms with Crippen molar-refractivity contribution in [1.29, 1.82) is 5.26 Å². The molecule has 9 rings (SSSR count). The lowest BCUT2D eigenvalue weighted by molar-refractivity contribution is -0.385. The predicted octanol–water partition coefficient (Wildman–Crippen LogP) is 12.1. The van der Waals surface area contributed by atoms with Gasteiger partial charge in [0.25, 0.3) is 66.4 Å². The minimum atomic E-state index is -5.13. The topological polar surface area (TPSA) is 704 Å². The summed E-state index contributed by atoms with van der Waals surface area (Å²) < 4.78 is 260. The van der Waals surface area contributed by atoms with Crippen molar-refractivity contribution in [2.24, 2.45) is 40.9 Å². The van der Waals surface area contributed by atoms with Gasteiger partial charge in [-0.15, -0.1) is 79.5 Å². The average molecular weight is 1840 g/mol. The number of ether oxygens (including phenoxy) is 1. The molecule has 0 aliphatic rings.